The van der Waals surface area contributed by atoms with Crippen LogP contribution in [-0.2, 0) is 0 Å². The minimum atomic E-state index is -0.0844. The Balaban J connectivity index is 0.00000104. The molecule has 0 bridgehead atoms. The van der Waals surface area contributed by atoms with Gasteiger partial charge in [0.25, 0.3) is 5.91 Å². The second-order valence-electron chi connectivity index (χ2n) is 8.86. The molecule has 0 aromatic heterocycles. The fraction of sp³-hybridized carbons (Fsp3) is 0.250. The van der Waals surface area contributed by atoms with Crippen molar-refractivity contribution in [2.45, 2.75) is 41.5 Å². The van der Waals surface area contributed by atoms with Crippen LogP contribution in [0.25, 0.3) is 16.3 Å². The minimum Gasteiger partial charge on any atom is -0.507 e. The van der Waals surface area contributed by atoms with Gasteiger partial charge in [0, 0.05) is 42.7 Å². The Morgan fingerprint density at radius 2 is 1.39 bits per heavy atom. The molecule has 0 heterocycles. The van der Waals surface area contributed by atoms with E-state index < -0.39 is 0 Å². The number of carbonyl (C=O) groups excluding carboxylic acids is 1. The van der Waals surface area contributed by atoms with E-state index in [1.54, 1.807) is 18.2 Å². The lowest BCUT2D eigenvalue weighted by molar-refractivity contribution is 0.0956. The monoisotopic (exact) mass is 555 g/mol. The lowest BCUT2D eigenvalue weighted by Crippen LogP contribution is -2.31. The Kier molecular flexibility index (Phi) is 19.0. The number of likely N-dealkylation sites (N-methyl/N-ethyl adjacent to an activating group) is 1. The number of nitrogens with one attached hydrogen (secondary N) is 3. The van der Waals surface area contributed by atoms with Crippen LogP contribution in [0.2, 0.25) is 0 Å². The van der Waals surface area contributed by atoms with E-state index in [4.69, 9.17) is 0 Å². The van der Waals surface area contributed by atoms with Crippen molar-refractivity contribution in [3.63, 3.8) is 0 Å². The van der Waals surface area contributed by atoms with Crippen molar-refractivity contribution in [2.75, 3.05) is 20.1 Å². The van der Waals surface area contributed by atoms with E-state index in [0.717, 1.165) is 27.7 Å². The Bertz CT molecular complexity index is 1310. The van der Waals surface area contributed by atoms with E-state index in [0.29, 0.717) is 24.2 Å². The summed E-state index contributed by atoms with van der Waals surface area (Å²) < 4.78 is 0. The highest BCUT2D eigenvalue weighted by Crippen LogP contribution is 2.24. The van der Waals surface area contributed by atoms with Gasteiger partial charge in [-0.3, -0.25) is 4.79 Å². The number of fused-ring (bicyclic) bond motifs is 1. The van der Waals surface area contributed by atoms with Gasteiger partial charge in [0.05, 0.1) is 0 Å². The van der Waals surface area contributed by atoms with E-state index in [9.17, 15) is 9.90 Å². The molecule has 0 spiro atoms. The van der Waals surface area contributed by atoms with Crippen molar-refractivity contribution in [1.29, 1.82) is 0 Å². The van der Waals surface area contributed by atoms with Crippen molar-refractivity contribution in [2.24, 2.45) is 0 Å². The number of phenolic OH excluding ortho intramolecular Hbond substituents is 1. The first-order chi connectivity index (χ1) is 19.7. The molecular formula is C36H49N3O2. The zero-order valence-electron chi connectivity index (χ0n) is 26.0. The van der Waals surface area contributed by atoms with E-state index >= 15 is 0 Å². The maximum absolute atomic E-state index is 12.5. The summed E-state index contributed by atoms with van der Waals surface area (Å²) in [6, 6.07) is 20.7. The van der Waals surface area contributed by atoms with Crippen LogP contribution in [0.3, 0.4) is 0 Å². The maximum Gasteiger partial charge on any atom is 0.251 e. The van der Waals surface area contributed by atoms with E-state index in [1.807, 2.05) is 115 Å². The molecule has 0 radical (unpaired) electrons. The Morgan fingerprint density at radius 1 is 0.854 bits per heavy atom. The number of benzene rings is 3. The molecule has 0 aliphatic heterocycles. The van der Waals surface area contributed by atoms with Crippen LogP contribution in [0.1, 0.15) is 57.5 Å². The van der Waals surface area contributed by atoms with E-state index in [2.05, 4.69) is 35.7 Å². The van der Waals surface area contributed by atoms with E-state index in [1.165, 1.54) is 5.57 Å². The van der Waals surface area contributed by atoms with Crippen molar-refractivity contribution >= 4 is 22.3 Å². The number of amides is 1. The summed E-state index contributed by atoms with van der Waals surface area (Å²) in [5, 5.41) is 21.1. The lowest BCUT2D eigenvalue weighted by Gasteiger charge is -2.11. The first-order valence-corrected chi connectivity index (χ1v) is 13.9. The van der Waals surface area contributed by atoms with Crippen molar-refractivity contribution < 1.29 is 9.90 Å². The molecule has 0 atom stereocenters. The summed E-state index contributed by atoms with van der Waals surface area (Å²) in [5.74, 6) is 0.123. The van der Waals surface area contributed by atoms with Crippen LogP contribution in [0.15, 0.2) is 122 Å². The molecule has 0 fully saturated rings. The van der Waals surface area contributed by atoms with Crippen LogP contribution >= 0.6 is 0 Å². The van der Waals surface area contributed by atoms with Crippen LogP contribution in [0, 0.1) is 0 Å². The molecule has 1 amide bonds. The number of rotatable bonds is 9. The van der Waals surface area contributed by atoms with Gasteiger partial charge in [-0.25, -0.2) is 0 Å². The molecule has 0 aliphatic carbocycles. The highest BCUT2D eigenvalue weighted by atomic mass is 16.3. The SMILES string of the molecule is C=C(/C=C(\C)NCCNC(=O)c1cccc2ccccc12)c1ccccc1O.C=CC.C=CC(NC)=C(C)C.CC. The first kappa shape index (κ1) is 36.5. The molecule has 4 N–H and O–H groups in total. The molecule has 5 heteroatoms. The summed E-state index contributed by atoms with van der Waals surface area (Å²) in [4.78, 5) is 12.5. The maximum atomic E-state index is 12.5. The van der Waals surface area contributed by atoms with Gasteiger partial charge in [0.1, 0.15) is 5.75 Å². The third kappa shape index (κ3) is 13.4. The molecule has 0 saturated carbocycles. The van der Waals surface area contributed by atoms with Crippen molar-refractivity contribution in [3.8, 4) is 5.75 Å². The molecule has 0 saturated heterocycles. The average Bonchev–Trinajstić information content (AvgIpc) is 2.97. The number of carbonyl (C=O) groups is 1. The molecule has 5 nitrogen and oxygen atoms in total. The van der Waals surface area contributed by atoms with Gasteiger partial charge in [-0.15, -0.1) is 6.58 Å². The lowest BCUT2D eigenvalue weighted by atomic mass is 10.0. The molecule has 3 aromatic rings. The quantitative estimate of drug-likeness (QED) is 0.122. The number of hydrogen-bond donors (Lipinski definition) is 4. The third-order valence-corrected chi connectivity index (χ3v) is 5.50. The van der Waals surface area contributed by atoms with Gasteiger partial charge in [-0.2, -0.15) is 0 Å². The molecule has 0 aliphatic rings. The van der Waals surface area contributed by atoms with Crippen LogP contribution in [0.4, 0.5) is 0 Å². The fourth-order valence-corrected chi connectivity index (χ4v) is 3.65. The molecule has 41 heavy (non-hydrogen) atoms. The van der Waals surface area contributed by atoms with Crippen molar-refractivity contribution in [1.82, 2.24) is 16.0 Å². The van der Waals surface area contributed by atoms with Crippen LogP contribution in [-0.4, -0.2) is 31.2 Å². The predicted octanol–water partition coefficient (Wildman–Crippen LogP) is 8.39. The Hall–Kier alpha value is -4.51. The highest BCUT2D eigenvalue weighted by Gasteiger charge is 2.08. The summed E-state index contributed by atoms with van der Waals surface area (Å²) >= 11 is 0. The number of hydrogen-bond acceptors (Lipinski definition) is 4. The fourth-order valence-electron chi connectivity index (χ4n) is 3.65. The molecule has 0 unspecified atom stereocenters. The predicted molar refractivity (Wildman–Crippen MR) is 180 cm³/mol. The standard InChI is InChI=1S/C24H24N2O2.C7H13N.C3H6.C2H6/c1-17(20-10-5-6-13-23(20)27)16-18(2)25-14-15-26-24(28)22-12-7-9-19-8-3-4-11-21(19)22;1-5-7(8-4)6(2)3;1-3-2;1-2/h3-13,16,25,27H,1,14-15H2,2H3,(H,26,28);5,8H,1H2,2-4H3;3H,1H2,2H3;1-2H3/b18-16+;;;. The topological polar surface area (TPSA) is 73.4 Å². The van der Waals surface area contributed by atoms with Gasteiger partial charge >= 0.3 is 0 Å². The second kappa shape index (κ2) is 21.3. The van der Waals surface area contributed by atoms with Gasteiger partial charge < -0.3 is 21.1 Å². The molecule has 220 valence electrons. The Morgan fingerprint density at radius 3 is 1.95 bits per heavy atom. The first-order valence-electron chi connectivity index (χ1n) is 13.9. The molecular weight excluding hydrogens is 506 g/mol. The summed E-state index contributed by atoms with van der Waals surface area (Å²) in [5.41, 5.74) is 5.40. The highest BCUT2D eigenvalue weighted by molar-refractivity contribution is 6.07. The molecule has 3 aromatic carbocycles. The number of allylic oxidation sites excluding steroid dienone is 6. The largest absolute Gasteiger partial charge is 0.507 e. The number of aromatic hydroxyl groups is 1. The smallest absolute Gasteiger partial charge is 0.251 e. The number of para-hydroxylation sites is 1. The zero-order chi connectivity index (χ0) is 31.2. The zero-order valence-corrected chi connectivity index (χ0v) is 26.0. The second-order valence-corrected chi connectivity index (χ2v) is 8.86. The van der Waals surface area contributed by atoms with Crippen LogP contribution in [0.5, 0.6) is 5.75 Å². The third-order valence-electron chi connectivity index (χ3n) is 5.50. The summed E-state index contributed by atoms with van der Waals surface area (Å²) in [6.07, 6.45) is 5.44. The summed E-state index contributed by atoms with van der Waals surface area (Å²) in [7, 11) is 1.89. The van der Waals surface area contributed by atoms with Crippen LogP contribution < -0.4 is 16.0 Å². The molecule has 3 rings (SSSR count). The van der Waals surface area contributed by atoms with E-state index in [-0.39, 0.29) is 11.7 Å². The number of phenols is 1. The van der Waals surface area contributed by atoms with Crippen molar-refractivity contribution in [3.05, 3.63) is 133 Å². The van der Waals surface area contributed by atoms with Gasteiger partial charge in [-0.05, 0) is 68.3 Å². The summed E-state index contributed by atoms with van der Waals surface area (Å²) in [6.45, 7) is 24.0. The normalized spacial score (nSPS) is 9.68. The Labute approximate surface area is 248 Å². The van der Waals surface area contributed by atoms with Gasteiger partial charge in [0.2, 0.25) is 0 Å². The average molecular weight is 556 g/mol. The van der Waals surface area contributed by atoms with Gasteiger partial charge in [-0.1, -0.05) is 93.3 Å². The van der Waals surface area contributed by atoms with Gasteiger partial charge in [0.15, 0.2) is 0 Å². The minimum absolute atomic E-state index is 0.0844.